The molecule has 0 saturated carbocycles. The monoisotopic (exact) mass is 358 g/mol. The smallest absolute Gasteiger partial charge is 0.328 e. The van der Waals surface area contributed by atoms with Gasteiger partial charge in [-0.1, -0.05) is 6.07 Å². The second kappa shape index (κ2) is 8.33. The lowest BCUT2D eigenvalue weighted by Crippen LogP contribution is -2.49. The van der Waals surface area contributed by atoms with E-state index in [0.717, 1.165) is 5.56 Å². The van der Waals surface area contributed by atoms with Crippen molar-refractivity contribution in [3.8, 4) is 11.5 Å². The number of nitrogens with zero attached hydrogens (tertiary/aromatic N) is 1. The first-order valence-electron chi connectivity index (χ1n) is 8.18. The molecule has 0 bridgehead atoms. The van der Waals surface area contributed by atoms with Crippen LogP contribution in [0, 0.1) is 0 Å². The topological polar surface area (TPSA) is 97.8 Å². The van der Waals surface area contributed by atoms with Crippen LogP contribution in [0.3, 0.4) is 0 Å². The van der Waals surface area contributed by atoms with Crippen molar-refractivity contribution in [2.45, 2.75) is 32.9 Å². The number of pyridine rings is 1. The third-order valence-electron chi connectivity index (χ3n) is 3.58. The van der Waals surface area contributed by atoms with Crippen molar-refractivity contribution in [3.63, 3.8) is 0 Å². The minimum atomic E-state index is -1.38. The van der Waals surface area contributed by atoms with Gasteiger partial charge in [-0.05, 0) is 45.0 Å². The summed E-state index contributed by atoms with van der Waals surface area (Å²) in [7, 11) is 0. The molecule has 1 amide bonds. The molecule has 0 spiro atoms. The number of nitrogens with one attached hydrogen (secondary N) is 1. The number of carboxylic acid groups (broad SMARTS) is 1. The fraction of sp³-hybridized carbons (Fsp3) is 0.316. The SMILES string of the molecule is CCOc1cc(C(=O)NC(C)(C)C(=O)O)ccc1OCc1cccnc1. The average molecular weight is 358 g/mol. The number of carboxylic acids is 1. The second-order valence-corrected chi connectivity index (χ2v) is 6.13. The number of benzene rings is 1. The van der Waals surface area contributed by atoms with Crippen LogP contribution in [0.15, 0.2) is 42.7 Å². The summed E-state index contributed by atoms with van der Waals surface area (Å²) >= 11 is 0. The number of amides is 1. The van der Waals surface area contributed by atoms with Crippen molar-refractivity contribution in [2.24, 2.45) is 0 Å². The number of ether oxygens (including phenoxy) is 2. The Bertz CT molecular complexity index is 775. The molecule has 0 atom stereocenters. The van der Waals surface area contributed by atoms with Crippen LogP contribution in [0.5, 0.6) is 11.5 Å². The van der Waals surface area contributed by atoms with E-state index in [9.17, 15) is 9.59 Å². The van der Waals surface area contributed by atoms with Crippen LogP contribution in [0.1, 0.15) is 36.7 Å². The fourth-order valence-corrected chi connectivity index (χ4v) is 2.09. The number of hydrogen-bond acceptors (Lipinski definition) is 5. The number of rotatable bonds is 8. The predicted octanol–water partition coefficient (Wildman–Crippen LogP) is 2.65. The molecule has 0 saturated heterocycles. The Morgan fingerprint density at radius 3 is 2.58 bits per heavy atom. The zero-order valence-corrected chi connectivity index (χ0v) is 15.0. The van der Waals surface area contributed by atoms with Crippen molar-refractivity contribution in [1.82, 2.24) is 10.3 Å². The van der Waals surface area contributed by atoms with Crippen LogP contribution in [-0.2, 0) is 11.4 Å². The van der Waals surface area contributed by atoms with E-state index < -0.39 is 17.4 Å². The lowest BCUT2D eigenvalue weighted by atomic mass is 10.1. The molecule has 7 heteroatoms. The Morgan fingerprint density at radius 1 is 1.19 bits per heavy atom. The maximum absolute atomic E-state index is 12.3. The Kier molecular flexibility index (Phi) is 6.16. The van der Waals surface area contributed by atoms with Gasteiger partial charge >= 0.3 is 5.97 Å². The molecule has 0 aliphatic carbocycles. The largest absolute Gasteiger partial charge is 0.490 e. The molecule has 2 aromatic rings. The van der Waals surface area contributed by atoms with Crippen LogP contribution < -0.4 is 14.8 Å². The molecule has 2 N–H and O–H groups in total. The number of aromatic nitrogens is 1. The summed E-state index contributed by atoms with van der Waals surface area (Å²) in [6, 6.07) is 8.44. The van der Waals surface area contributed by atoms with Gasteiger partial charge < -0.3 is 19.9 Å². The van der Waals surface area contributed by atoms with E-state index in [1.165, 1.54) is 19.9 Å². The zero-order chi connectivity index (χ0) is 19.2. The summed E-state index contributed by atoms with van der Waals surface area (Å²) in [5.74, 6) is -0.716. The van der Waals surface area contributed by atoms with Gasteiger partial charge in [-0.15, -0.1) is 0 Å². The molecule has 0 unspecified atom stereocenters. The van der Waals surface area contributed by atoms with Crippen LogP contribution in [-0.4, -0.2) is 34.1 Å². The summed E-state index contributed by atoms with van der Waals surface area (Å²) in [5.41, 5.74) is -0.185. The Morgan fingerprint density at radius 2 is 1.96 bits per heavy atom. The van der Waals surface area contributed by atoms with Crippen LogP contribution in [0.2, 0.25) is 0 Å². The molecule has 0 aliphatic heterocycles. The van der Waals surface area contributed by atoms with Gasteiger partial charge in [-0.2, -0.15) is 0 Å². The minimum absolute atomic E-state index is 0.288. The summed E-state index contributed by atoms with van der Waals surface area (Å²) < 4.78 is 11.3. The van der Waals surface area contributed by atoms with Gasteiger partial charge in [-0.25, -0.2) is 4.79 Å². The van der Waals surface area contributed by atoms with E-state index in [4.69, 9.17) is 14.6 Å². The fourth-order valence-electron chi connectivity index (χ4n) is 2.09. The second-order valence-electron chi connectivity index (χ2n) is 6.13. The van der Waals surface area contributed by atoms with Gasteiger partial charge in [0.2, 0.25) is 0 Å². The quantitative estimate of drug-likeness (QED) is 0.753. The molecule has 0 fully saturated rings. The van der Waals surface area contributed by atoms with Gasteiger partial charge in [0.15, 0.2) is 11.5 Å². The first-order chi connectivity index (χ1) is 12.3. The van der Waals surface area contributed by atoms with Crippen molar-refractivity contribution in [1.29, 1.82) is 0 Å². The van der Waals surface area contributed by atoms with Gasteiger partial charge in [0.05, 0.1) is 6.61 Å². The number of carbonyl (C=O) groups is 2. The molecule has 26 heavy (non-hydrogen) atoms. The molecular formula is C19H22N2O5. The highest BCUT2D eigenvalue weighted by Crippen LogP contribution is 2.29. The summed E-state index contributed by atoms with van der Waals surface area (Å²) in [6.07, 6.45) is 3.39. The van der Waals surface area contributed by atoms with Gasteiger partial charge in [0, 0.05) is 23.5 Å². The molecule has 1 aromatic heterocycles. The third kappa shape index (κ3) is 4.95. The van der Waals surface area contributed by atoms with E-state index in [1.807, 2.05) is 19.1 Å². The minimum Gasteiger partial charge on any atom is -0.490 e. The molecule has 138 valence electrons. The standard InChI is InChI=1S/C19H22N2O5/c1-4-25-16-10-14(17(22)21-19(2,3)18(23)24)7-8-15(16)26-12-13-6-5-9-20-11-13/h5-11H,4,12H2,1-3H3,(H,21,22)(H,23,24). The maximum Gasteiger partial charge on any atom is 0.328 e. The van der Waals surface area contributed by atoms with E-state index in [0.29, 0.717) is 24.7 Å². The highest BCUT2D eigenvalue weighted by molar-refractivity contribution is 5.98. The van der Waals surface area contributed by atoms with Crippen molar-refractivity contribution in [2.75, 3.05) is 6.61 Å². The first-order valence-corrected chi connectivity index (χ1v) is 8.18. The Labute approximate surface area is 152 Å². The molecule has 0 radical (unpaired) electrons. The highest BCUT2D eigenvalue weighted by Gasteiger charge is 2.29. The molecule has 0 aliphatic rings. The normalized spacial score (nSPS) is 10.9. The first kappa shape index (κ1) is 19.2. The predicted molar refractivity (Wildman–Crippen MR) is 95.4 cm³/mol. The lowest BCUT2D eigenvalue weighted by molar-refractivity contribution is -0.143. The number of carbonyl (C=O) groups excluding carboxylic acids is 1. The summed E-state index contributed by atoms with van der Waals surface area (Å²) in [5, 5.41) is 11.6. The van der Waals surface area contributed by atoms with Crippen LogP contribution in [0.4, 0.5) is 0 Å². The zero-order valence-electron chi connectivity index (χ0n) is 15.0. The van der Waals surface area contributed by atoms with Crippen molar-refractivity contribution in [3.05, 3.63) is 53.9 Å². The molecular weight excluding hydrogens is 336 g/mol. The maximum atomic E-state index is 12.3. The Hall–Kier alpha value is -3.09. The number of aliphatic carboxylic acids is 1. The Balaban J connectivity index is 2.17. The number of hydrogen-bond donors (Lipinski definition) is 2. The van der Waals surface area contributed by atoms with Crippen LogP contribution in [0.25, 0.3) is 0 Å². The molecule has 7 nitrogen and oxygen atoms in total. The summed E-state index contributed by atoms with van der Waals surface area (Å²) in [6.45, 7) is 5.37. The molecule has 1 heterocycles. The van der Waals surface area contributed by atoms with E-state index >= 15 is 0 Å². The van der Waals surface area contributed by atoms with Gasteiger partial charge in [0.1, 0.15) is 12.1 Å². The van der Waals surface area contributed by atoms with E-state index in [2.05, 4.69) is 10.3 Å². The van der Waals surface area contributed by atoms with Crippen molar-refractivity contribution < 1.29 is 24.2 Å². The van der Waals surface area contributed by atoms with E-state index in [1.54, 1.807) is 24.5 Å². The molecule has 2 rings (SSSR count). The van der Waals surface area contributed by atoms with E-state index in [-0.39, 0.29) is 5.56 Å². The van der Waals surface area contributed by atoms with Crippen LogP contribution >= 0.6 is 0 Å². The summed E-state index contributed by atoms with van der Waals surface area (Å²) in [4.78, 5) is 27.5. The average Bonchev–Trinajstić information content (AvgIpc) is 2.61. The van der Waals surface area contributed by atoms with Gasteiger partial charge in [0.25, 0.3) is 5.91 Å². The molecule has 1 aromatic carbocycles. The van der Waals surface area contributed by atoms with Gasteiger partial charge in [-0.3, -0.25) is 9.78 Å². The van der Waals surface area contributed by atoms with Crippen molar-refractivity contribution >= 4 is 11.9 Å². The lowest BCUT2D eigenvalue weighted by Gasteiger charge is -2.21. The highest BCUT2D eigenvalue weighted by atomic mass is 16.5. The third-order valence-corrected chi connectivity index (χ3v) is 3.58.